The van der Waals surface area contributed by atoms with E-state index in [0.717, 1.165) is 25.2 Å². The molecule has 0 saturated carbocycles. The van der Waals surface area contributed by atoms with Gasteiger partial charge in [0.25, 0.3) is 11.6 Å². The van der Waals surface area contributed by atoms with Gasteiger partial charge in [-0.25, -0.2) is 4.39 Å². The number of nitro benzene ring substituents is 1. The van der Waals surface area contributed by atoms with E-state index in [1.54, 1.807) is 4.90 Å². The summed E-state index contributed by atoms with van der Waals surface area (Å²) in [6, 6.07) is 1.70. The van der Waals surface area contributed by atoms with Crippen LogP contribution in [0.5, 0.6) is 0 Å². The minimum absolute atomic E-state index is 0.130. The Morgan fingerprint density at radius 2 is 2.00 bits per heavy atom. The first-order chi connectivity index (χ1) is 9.97. The maximum absolute atomic E-state index is 13.5. The van der Waals surface area contributed by atoms with Gasteiger partial charge in [-0.1, -0.05) is 0 Å². The van der Waals surface area contributed by atoms with Crippen molar-refractivity contribution in [2.24, 2.45) is 11.8 Å². The number of rotatable bonds is 2. The Morgan fingerprint density at radius 1 is 1.38 bits per heavy atom. The highest BCUT2D eigenvalue weighted by Gasteiger charge is 2.39. The van der Waals surface area contributed by atoms with E-state index in [0.29, 0.717) is 24.9 Å². The van der Waals surface area contributed by atoms with E-state index in [1.807, 2.05) is 0 Å². The molecule has 0 unspecified atom stereocenters. The van der Waals surface area contributed by atoms with Crippen molar-refractivity contribution in [3.8, 4) is 0 Å². The summed E-state index contributed by atoms with van der Waals surface area (Å²) in [6.45, 7) is 2.85. The second-order valence-corrected chi connectivity index (χ2v) is 5.53. The van der Waals surface area contributed by atoms with Gasteiger partial charge in [-0.2, -0.15) is 0 Å². The molecule has 1 aromatic carbocycles. The maximum atomic E-state index is 13.5. The number of carbonyl (C=O) groups is 1. The van der Waals surface area contributed by atoms with Crippen LogP contribution in [0.2, 0.25) is 0 Å². The van der Waals surface area contributed by atoms with Crippen LogP contribution in [0.3, 0.4) is 0 Å². The normalized spacial score (nSPS) is 24.1. The highest BCUT2D eigenvalue weighted by molar-refractivity contribution is 6.01. The second kappa shape index (κ2) is 4.96. The topological polar surface area (TPSA) is 102 Å². The van der Waals surface area contributed by atoms with Crippen molar-refractivity contribution < 1.29 is 14.1 Å². The zero-order chi connectivity index (χ0) is 15.1. The van der Waals surface area contributed by atoms with Gasteiger partial charge >= 0.3 is 0 Å². The van der Waals surface area contributed by atoms with Crippen LogP contribution in [0.25, 0.3) is 0 Å². The van der Waals surface area contributed by atoms with Crippen LogP contribution in [0.1, 0.15) is 10.4 Å². The molecule has 0 spiro atoms. The third-order valence-electron chi connectivity index (χ3n) is 4.23. The number of nitrogens with one attached hydrogen (secondary N) is 1. The number of benzene rings is 1. The van der Waals surface area contributed by atoms with Crippen molar-refractivity contribution in [3.05, 3.63) is 33.6 Å². The van der Waals surface area contributed by atoms with Gasteiger partial charge in [0.1, 0.15) is 11.5 Å². The molecule has 2 atom stereocenters. The maximum Gasteiger partial charge on any atom is 0.295 e. The van der Waals surface area contributed by atoms with Crippen molar-refractivity contribution in [1.82, 2.24) is 10.2 Å². The van der Waals surface area contributed by atoms with E-state index >= 15 is 0 Å². The zero-order valence-corrected chi connectivity index (χ0v) is 11.2. The van der Waals surface area contributed by atoms with Crippen molar-refractivity contribution in [2.45, 2.75) is 0 Å². The quantitative estimate of drug-likeness (QED) is 0.472. The van der Waals surface area contributed by atoms with Crippen molar-refractivity contribution in [3.63, 3.8) is 0 Å². The fraction of sp³-hybridized carbons (Fsp3) is 0.462. The highest BCUT2D eigenvalue weighted by atomic mass is 19.1. The fourth-order valence-corrected chi connectivity index (χ4v) is 3.12. The SMILES string of the molecule is Nc1c(C(=O)N2C[C@H]3CNC[C@H]3C2)cc(F)cc1[N+](=O)[O-]. The largest absolute Gasteiger partial charge is 0.393 e. The number of carbonyl (C=O) groups excluding carboxylic acids is 1. The molecule has 2 heterocycles. The minimum Gasteiger partial charge on any atom is -0.393 e. The summed E-state index contributed by atoms with van der Waals surface area (Å²) in [5.41, 5.74) is 4.69. The van der Waals surface area contributed by atoms with Crippen LogP contribution in [0.4, 0.5) is 15.8 Å². The van der Waals surface area contributed by atoms with E-state index in [9.17, 15) is 19.3 Å². The number of nitrogens with zero attached hydrogens (tertiary/aromatic N) is 2. The molecular weight excluding hydrogens is 279 g/mol. The van der Waals surface area contributed by atoms with Gasteiger partial charge in [0, 0.05) is 26.2 Å². The second-order valence-electron chi connectivity index (χ2n) is 5.53. The van der Waals surface area contributed by atoms with Gasteiger partial charge in [-0.3, -0.25) is 14.9 Å². The number of fused-ring (bicyclic) bond motifs is 1. The Labute approximate surface area is 120 Å². The summed E-state index contributed by atoms with van der Waals surface area (Å²) < 4.78 is 13.5. The molecule has 0 radical (unpaired) electrons. The van der Waals surface area contributed by atoms with E-state index in [1.165, 1.54) is 0 Å². The Kier molecular flexibility index (Phi) is 3.25. The summed E-state index contributed by atoms with van der Waals surface area (Å²) in [5.74, 6) is -0.498. The molecule has 1 aromatic rings. The molecule has 3 rings (SSSR count). The molecule has 21 heavy (non-hydrogen) atoms. The first-order valence-electron chi connectivity index (χ1n) is 6.70. The molecular formula is C13H15FN4O3. The van der Waals surface area contributed by atoms with E-state index in [2.05, 4.69) is 5.32 Å². The number of halogens is 1. The minimum atomic E-state index is -0.833. The Morgan fingerprint density at radius 3 is 2.57 bits per heavy atom. The average Bonchev–Trinajstić information content (AvgIpc) is 3.00. The summed E-state index contributed by atoms with van der Waals surface area (Å²) in [4.78, 5) is 24.1. The number of hydrogen-bond donors (Lipinski definition) is 2. The molecule has 0 aromatic heterocycles. The van der Waals surface area contributed by atoms with Gasteiger partial charge in [-0.05, 0) is 17.9 Å². The molecule has 112 valence electrons. The summed E-state index contributed by atoms with van der Waals surface area (Å²) in [6.07, 6.45) is 0. The Hall–Kier alpha value is -2.22. The molecule has 2 aliphatic heterocycles. The number of nitro groups is 1. The zero-order valence-electron chi connectivity index (χ0n) is 11.2. The Balaban J connectivity index is 1.90. The first kappa shape index (κ1) is 13.7. The van der Waals surface area contributed by atoms with Crippen molar-refractivity contribution >= 4 is 17.3 Å². The lowest BCUT2D eigenvalue weighted by Gasteiger charge is -2.18. The molecule has 3 N–H and O–H groups in total. The molecule has 2 fully saturated rings. The summed E-state index contributed by atoms with van der Waals surface area (Å²) in [5, 5.41) is 14.1. The number of anilines is 1. The summed E-state index contributed by atoms with van der Waals surface area (Å²) >= 11 is 0. The molecule has 0 aliphatic carbocycles. The van der Waals surface area contributed by atoms with Crippen molar-refractivity contribution in [1.29, 1.82) is 0 Å². The lowest BCUT2D eigenvalue weighted by Crippen LogP contribution is -2.32. The van der Waals surface area contributed by atoms with Crippen LogP contribution in [-0.4, -0.2) is 41.9 Å². The molecule has 1 amide bonds. The smallest absolute Gasteiger partial charge is 0.295 e. The molecule has 2 aliphatic rings. The van der Waals surface area contributed by atoms with E-state index in [4.69, 9.17) is 5.73 Å². The Bertz CT molecular complexity index is 610. The predicted molar refractivity (Wildman–Crippen MR) is 73.2 cm³/mol. The van der Waals surface area contributed by atoms with Gasteiger partial charge in [0.15, 0.2) is 0 Å². The van der Waals surface area contributed by atoms with Crippen LogP contribution < -0.4 is 11.1 Å². The van der Waals surface area contributed by atoms with Crippen LogP contribution >= 0.6 is 0 Å². The number of likely N-dealkylation sites (tertiary alicyclic amines) is 1. The van der Waals surface area contributed by atoms with Crippen LogP contribution in [-0.2, 0) is 0 Å². The number of hydrogen-bond acceptors (Lipinski definition) is 5. The van der Waals surface area contributed by atoms with Gasteiger partial charge < -0.3 is 16.0 Å². The fourth-order valence-electron chi connectivity index (χ4n) is 3.12. The standard InChI is InChI=1S/C13H15FN4O3/c14-9-1-10(12(15)11(2-9)18(20)21)13(19)17-5-7-3-16-4-8(7)6-17/h1-2,7-8,16H,3-6,15H2/t7-,8+. The monoisotopic (exact) mass is 294 g/mol. The first-order valence-corrected chi connectivity index (χ1v) is 6.70. The average molecular weight is 294 g/mol. The van der Waals surface area contributed by atoms with Crippen molar-refractivity contribution in [2.75, 3.05) is 31.9 Å². The lowest BCUT2D eigenvalue weighted by molar-refractivity contribution is -0.384. The lowest BCUT2D eigenvalue weighted by atomic mass is 10.0. The molecule has 8 heteroatoms. The highest BCUT2D eigenvalue weighted by Crippen LogP contribution is 2.31. The summed E-state index contributed by atoms with van der Waals surface area (Å²) in [7, 11) is 0. The number of amides is 1. The number of nitrogens with two attached hydrogens (primary N) is 1. The molecule has 0 bridgehead atoms. The molecule has 2 saturated heterocycles. The third kappa shape index (κ3) is 2.31. The van der Waals surface area contributed by atoms with Crippen LogP contribution in [0, 0.1) is 27.8 Å². The predicted octanol–water partition coefficient (Wildman–Crippen LogP) is 0.607. The van der Waals surface area contributed by atoms with Gasteiger partial charge in [-0.15, -0.1) is 0 Å². The van der Waals surface area contributed by atoms with Crippen LogP contribution in [0.15, 0.2) is 12.1 Å². The van der Waals surface area contributed by atoms with E-state index in [-0.39, 0.29) is 11.3 Å². The van der Waals surface area contributed by atoms with Gasteiger partial charge in [0.2, 0.25) is 0 Å². The molecule has 7 nitrogen and oxygen atoms in total. The third-order valence-corrected chi connectivity index (χ3v) is 4.23. The van der Waals surface area contributed by atoms with E-state index < -0.39 is 22.3 Å². The van der Waals surface area contributed by atoms with Gasteiger partial charge in [0.05, 0.1) is 16.6 Å². The number of nitrogen functional groups attached to an aromatic ring is 1.